The van der Waals surface area contributed by atoms with Crippen LogP contribution in [0.25, 0.3) is 10.9 Å². The van der Waals surface area contributed by atoms with E-state index in [4.69, 9.17) is 0 Å². The van der Waals surface area contributed by atoms with Crippen molar-refractivity contribution in [2.45, 2.75) is 70.6 Å². The molecule has 0 aliphatic heterocycles. The van der Waals surface area contributed by atoms with Crippen molar-refractivity contribution in [1.82, 2.24) is 19.8 Å². The first kappa shape index (κ1) is 24.4. The van der Waals surface area contributed by atoms with Crippen molar-refractivity contribution < 1.29 is 9.59 Å². The highest BCUT2D eigenvalue weighted by molar-refractivity contribution is 5.81. The van der Waals surface area contributed by atoms with Crippen molar-refractivity contribution >= 4 is 22.7 Å². The number of rotatable bonds is 10. The number of unbranched alkanes of at least 4 members (excludes halogenated alkanes) is 1. The maximum absolute atomic E-state index is 13.2. The van der Waals surface area contributed by atoms with Crippen LogP contribution in [0.1, 0.15) is 50.5 Å². The molecule has 3 aromatic rings. The van der Waals surface area contributed by atoms with E-state index < -0.39 is 5.69 Å². The number of aromatic nitrogens is 2. The summed E-state index contributed by atoms with van der Waals surface area (Å²) in [5.74, 6) is -0.287. The quantitative estimate of drug-likeness (QED) is 0.439. The van der Waals surface area contributed by atoms with E-state index in [0.717, 1.165) is 31.2 Å². The SMILES string of the molecule is O=C(Cn1c(=O)n(CCCCC(=O)NC2CCCC2)c(=O)c2ccccc21)NCc1ccccc1. The zero-order valence-corrected chi connectivity index (χ0v) is 19.9. The van der Waals surface area contributed by atoms with Gasteiger partial charge in [-0.1, -0.05) is 55.3 Å². The molecule has 1 aliphatic rings. The minimum Gasteiger partial charge on any atom is -0.353 e. The van der Waals surface area contributed by atoms with E-state index in [2.05, 4.69) is 10.6 Å². The third kappa shape index (κ3) is 6.26. The summed E-state index contributed by atoms with van der Waals surface area (Å²) in [6.07, 6.45) is 5.86. The minimum absolute atomic E-state index is 0.0234. The molecule has 2 N–H and O–H groups in total. The first-order valence-electron chi connectivity index (χ1n) is 12.4. The molecule has 8 heteroatoms. The molecular weight excluding hydrogens is 444 g/mol. The predicted molar refractivity (Wildman–Crippen MR) is 135 cm³/mol. The number of nitrogens with zero attached hydrogens (tertiary/aromatic N) is 2. The van der Waals surface area contributed by atoms with Crippen LogP contribution in [0.5, 0.6) is 0 Å². The summed E-state index contributed by atoms with van der Waals surface area (Å²) < 4.78 is 2.53. The first-order chi connectivity index (χ1) is 17.0. The molecule has 4 rings (SSSR count). The molecule has 35 heavy (non-hydrogen) atoms. The Labute approximate surface area is 204 Å². The van der Waals surface area contributed by atoms with Crippen molar-refractivity contribution in [3.63, 3.8) is 0 Å². The number of hydrogen-bond acceptors (Lipinski definition) is 4. The van der Waals surface area contributed by atoms with E-state index in [0.29, 0.717) is 36.7 Å². The van der Waals surface area contributed by atoms with Gasteiger partial charge < -0.3 is 10.6 Å². The molecule has 2 amide bonds. The lowest BCUT2D eigenvalue weighted by molar-refractivity contribution is -0.122. The summed E-state index contributed by atoms with van der Waals surface area (Å²) in [4.78, 5) is 51.1. The fraction of sp³-hybridized carbons (Fsp3) is 0.407. The van der Waals surface area contributed by atoms with Crippen LogP contribution in [-0.4, -0.2) is 27.0 Å². The van der Waals surface area contributed by atoms with Crippen LogP contribution >= 0.6 is 0 Å². The second-order valence-corrected chi connectivity index (χ2v) is 9.11. The van der Waals surface area contributed by atoms with E-state index in [1.54, 1.807) is 24.3 Å². The lowest BCUT2D eigenvalue weighted by Crippen LogP contribution is -2.42. The number of fused-ring (bicyclic) bond motifs is 1. The third-order valence-corrected chi connectivity index (χ3v) is 6.52. The molecule has 1 aromatic heterocycles. The van der Waals surface area contributed by atoms with Gasteiger partial charge in [-0.15, -0.1) is 0 Å². The zero-order chi connectivity index (χ0) is 24.6. The zero-order valence-electron chi connectivity index (χ0n) is 19.9. The second-order valence-electron chi connectivity index (χ2n) is 9.11. The van der Waals surface area contributed by atoms with Gasteiger partial charge in [0.2, 0.25) is 11.8 Å². The number of carbonyl (C=O) groups is 2. The van der Waals surface area contributed by atoms with Gasteiger partial charge in [0.1, 0.15) is 6.54 Å². The maximum Gasteiger partial charge on any atom is 0.331 e. The maximum atomic E-state index is 13.2. The summed E-state index contributed by atoms with van der Waals surface area (Å²) >= 11 is 0. The summed E-state index contributed by atoms with van der Waals surface area (Å²) in [5.41, 5.74) is 0.505. The fourth-order valence-corrected chi connectivity index (χ4v) is 4.64. The van der Waals surface area contributed by atoms with Gasteiger partial charge in [-0.3, -0.25) is 23.5 Å². The van der Waals surface area contributed by atoms with Crippen molar-refractivity contribution in [2.24, 2.45) is 0 Å². The second kappa shape index (κ2) is 11.6. The summed E-state index contributed by atoms with van der Waals surface area (Å²) in [5, 5.41) is 6.29. The van der Waals surface area contributed by atoms with Crippen LogP contribution in [0, 0.1) is 0 Å². The van der Waals surface area contributed by atoms with Crippen molar-refractivity contribution in [2.75, 3.05) is 0 Å². The number of para-hydroxylation sites is 1. The number of benzene rings is 2. The highest BCUT2D eigenvalue weighted by atomic mass is 16.2. The average molecular weight is 477 g/mol. The predicted octanol–water partition coefficient (Wildman–Crippen LogP) is 2.71. The normalized spacial score (nSPS) is 13.7. The van der Waals surface area contributed by atoms with E-state index >= 15 is 0 Å². The summed E-state index contributed by atoms with van der Waals surface area (Å²) in [6.45, 7) is 0.371. The van der Waals surface area contributed by atoms with Crippen molar-refractivity contribution in [3.8, 4) is 0 Å². The summed E-state index contributed by atoms with van der Waals surface area (Å²) in [7, 11) is 0. The minimum atomic E-state index is -0.515. The Balaban J connectivity index is 1.43. The van der Waals surface area contributed by atoms with Gasteiger partial charge in [-0.2, -0.15) is 0 Å². The van der Waals surface area contributed by atoms with Gasteiger partial charge in [0.15, 0.2) is 0 Å². The lowest BCUT2D eigenvalue weighted by atomic mass is 10.2. The Morgan fingerprint density at radius 3 is 2.34 bits per heavy atom. The van der Waals surface area contributed by atoms with Crippen LogP contribution in [0.4, 0.5) is 0 Å². The summed E-state index contributed by atoms with van der Waals surface area (Å²) in [6, 6.07) is 16.6. The Bertz CT molecular complexity index is 1290. The Hall–Kier alpha value is -3.68. The highest BCUT2D eigenvalue weighted by Crippen LogP contribution is 2.17. The van der Waals surface area contributed by atoms with Crippen LogP contribution in [-0.2, 0) is 29.2 Å². The fourth-order valence-electron chi connectivity index (χ4n) is 4.64. The number of carbonyl (C=O) groups excluding carboxylic acids is 2. The molecule has 0 saturated heterocycles. The van der Waals surface area contributed by atoms with Gasteiger partial charge in [-0.05, 0) is 43.4 Å². The Kier molecular flexibility index (Phi) is 8.13. The van der Waals surface area contributed by atoms with Gasteiger partial charge in [-0.25, -0.2) is 4.79 Å². The molecule has 1 aliphatic carbocycles. The van der Waals surface area contributed by atoms with E-state index in [9.17, 15) is 19.2 Å². The van der Waals surface area contributed by atoms with Crippen LogP contribution < -0.4 is 21.9 Å². The molecule has 184 valence electrons. The molecule has 1 fully saturated rings. The van der Waals surface area contributed by atoms with Crippen LogP contribution in [0.2, 0.25) is 0 Å². The standard InChI is InChI=1S/C27H32N4O4/c32-24(29-21-12-4-5-13-21)16-8-9-17-30-26(34)22-14-6-7-15-23(22)31(27(30)35)19-25(33)28-18-20-10-2-1-3-11-20/h1-3,6-7,10-11,14-15,21H,4-5,8-9,12-13,16-19H2,(H,28,33)(H,29,32). The molecule has 0 spiro atoms. The molecule has 0 unspecified atom stereocenters. The third-order valence-electron chi connectivity index (χ3n) is 6.52. The number of nitrogens with one attached hydrogen (secondary N) is 2. The number of hydrogen-bond donors (Lipinski definition) is 2. The van der Waals surface area contributed by atoms with Crippen molar-refractivity contribution in [1.29, 1.82) is 0 Å². The van der Waals surface area contributed by atoms with E-state index in [-0.39, 0.29) is 36.5 Å². The Morgan fingerprint density at radius 1 is 0.857 bits per heavy atom. The molecule has 8 nitrogen and oxygen atoms in total. The van der Waals surface area contributed by atoms with Gasteiger partial charge >= 0.3 is 5.69 Å². The van der Waals surface area contributed by atoms with E-state index in [1.165, 1.54) is 9.13 Å². The smallest absolute Gasteiger partial charge is 0.331 e. The van der Waals surface area contributed by atoms with Crippen molar-refractivity contribution in [3.05, 3.63) is 81.0 Å². The Morgan fingerprint density at radius 2 is 1.57 bits per heavy atom. The topological polar surface area (TPSA) is 102 Å². The molecule has 1 heterocycles. The molecule has 0 atom stereocenters. The molecular formula is C27H32N4O4. The number of amides is 2. The van der Waals surface area contributed by atoms with Gasteiger partial charge in [0.05, 0.1) is 10.9 Å². The molecule has 2 aromatic carbocycles. The first-order valence-corrected chi connectivity index (χ1v) is 12.4. The average Bonchev–Trinajstić information content (AvgIpc) is 3.38. The van der Waals surface area contributed by atoms with Gasteiger partial charge in [0.25, 0.3) is 5.56 Å². The van der Waals surface area contributed by atoms with Crippen LogP contribution in [0.15, 0.2) is 64.2 Å². The van der Waals surface area contributed by atoms with E-state index in [1.807, 2.05) is 30.3 Å². The van der Waals surface area contributed by atoms with Gasteiger partial charge in [0, 0.05) is 25.6 Å². The highest BCUT2D eigenvalue weighted by Gasteiger charge is 2.17. The molecule has 0 radical (unpaired) electrons. The molecule has 1 saturated carbocycles. The molecule has 0 bridgehead atoms. The monoisotopic (exact) mass is 476 g/mol. The lowest BCUT2D eigenvalue weighted by Gasteiger charge is -2.14. The van der Waals surface area contributed by atoms with Crippen LogP contribution in [0.3, 0.4) is 0 Å². The largest absolute Gasteiger partial charge is 0.353 e.